The van der Waals surface area contributed by atoms with Crippen LogP contribution in [0.25, 0.3) is 6.08 Å². The lowest BCUT2D eigenvalue weighted by Crippen LogP contribution is -2.56. The molecular formula is C26H41ClN4O4. The van der Waals surface area contributed by atoms with Gasteiger partial charge in [0.2, 0.25) is 11.8 Å². The predicted molar refractivity (Wildman–Crippen MR) is 139 cm³/mol. The van der Waals surface area contributed by atoms with Gasteiger partial charge in [0.1, 0.15) is 0 Å². The highest BCUT2D eigenvalue weighted by Gasteiger charge is 2.36. The Morgan fingerprint density at radius 3 is 2.31 bits per heavy atom. The first-order valence-corrected chi connectivity index (χ1v) is 12.2. The molecule has 1 aromatic carbocycles. The second-order valence-corrected chi connectivity index (χ2v) is 9.84. The van der Waals surface area contributed by atoms with Crippen molar-refractivity contribution in [3.05, 3.63) is 42.0 Å². The molecule has 0 saturated carbocycles. The number of hydrogen-bond acceptors (Lipinski definition) is 5. The molecule has 8 nitrogen and oxygen atoms in total. The van der Waals surface area contributed by atoms with E-state index in [-0.39, 0.29) is 48.5 Å². The number of nitrogens with zero attached hydrogens (tertiary/aromatic N) is 1. The van der Waals surface area contributed by atoms with E-state index in [1.165, 1.54) is 5.01 Å². The Kier molecular flexibility index (Phi) is 13.6. The van der Waals surface area contributed by atoms with Gasteiger partial charge in [0.15, 0.2) is 0 Å². The molecule has 0 aliphatic carbocycles. The molecule has 3 atom stereocenters. The van der Waals surface area contributed by atoms with E-state index in [2.05, 4.69) is 10.7 Å². The molecule has 1 heterocycles. The average Bonchev–Trinajstić information content (AvgIpc) is 3.34. The summed E-state index contributed by atoms with van der Waals surface area (Å²) in [6.45, 7) is 9.08. The molecule has 1 aliphatic rings. The molecule has 1 aliphatic heterocycles. The van der Waals surface area contributed by atoms with Gasteiger partial charge in [-0.15, -0.1) is 12.4 Å². The third kappa shape index (κ3) is 9.99. The minimum atomic E-state index is -0.784. The fraction of sp³-hybridized carbons (Fsp3) is 0.577. The number of carbonyl (C=O) groups is 3. The van der Waals surface area contributed by atoms with E-state index < -0.39 is 17.7 Å². The van der Waals surface area contributed by atoms with E-state index in [0.29, 0.717) is 13.0 Å². The molecule has 0 aromatic heterocycles. The summed E-state index contributed by atoms with van der Waals surface area (Å²) in [7, 11) is 0. The lowest BCUT2D eigenvalue weighted by molar-refractivity contribution is -0.148. The lowest BCUT2D eigenvalue weighted by Gasteiger charge is -2.31. The van der Waals surface area contributed by atoms with E-state index in [1.54, 1.807) is 5.48 Å². The van der Waals surface area contributed by atoms with E-state index in [4.69, 9.17) is 0 Å². The fourth-order valence-electron chi connectivity index (χ4n) is 4.27. The van der Waals surface area contributed by atoms with Gasteiger partial charge in [-0.3, -0.25) is 30.0 Å². The Bertz CT molecular complexity index is 826. The maximum absolute atomic E-state index is 13.5. The van der Waals surface area contributed by atoms with Gasteiger partial charge >= 0.3 is 0 Å². The average molecular weight is 509 g/mol. The van der Waals surface area contributed by atoms with Crippen LogP contribution in [0.1, 0.15) is 58.9 Å². The second-order valence-electron chi connectivity index (χ2n) is 9.84. The van der Waals surface area contributed by atoms with E-state index in [9.17, 15) is 19.6 Å². The van der Waals surface area contributed by atoms with Crippen LogP contribution in [0.3, 0.4) is 0 Å². The van der Waals surface area contributed by atoms with Crippen molar-refractivity contribution in [3.8, 4) is 0 Å². The van der Waals surface area contributed by atoms with Gasteiger partial charge < -0.3 is 5.32 Å². The number of benzene rings is 1. The molecule has 9 heteroatoms. The number of rotatable bonds is 11. The normalized spacial score (nSPS) is 17.2. The van der Waals surface area contributed by atoms with E-state index >= 15 is 0 Å². The molecule has 35 heavy (non-hydrogen) atoms. The Hall–Kier alpha value is -2.42. The van der Waals surface area contributed by atoms with Gasteiger partial charge in [-0.1, -0.05) is 70.2 Å². The minimum Gasteiger partial charge on any atom is -0.306 e. The third-order valence-corrected chi connectivity index (χ3v) is 5.91. The first kappa shape index (κ1) is 30.6. The molecule has 196 valence electrons. The van der Waals surface area contributed by atoms with Crippen molar-refractivity contribution in [1.29, 1.82) is 0 Å². The molecule has 1 fully saturated rings. The summed E-state index contributed by atoms with van der Waals surface area (Å²) in [5.74, 6) is -2.37. The Balaban J connectivity index is 0.00000612. The minimum absolute atomic E-state index is 0. The largest absolute Gasteiger partial charge is 0.306 e. The Morgan fingerprint density at radius 2 is 1.77 bits per heavy atom. The van der Waals surface area contributed by atoms with Crippen molar-refractivity contribution in [1.82, 2.24) is 21.2 Å². The summed E-state index contributed by atoms with van der Waals surface area (Å²) in [5, 5.41) is 14.0. The van der Waals surface area contributed by atoms with Crippen molar-refractivity contribution in [2.75, 3.05) is 13.1 Å². The summed E-state index contributed by atoms with van der Waals surface area (Å²) in [6, 6.07) is 9.35. The number of hydroxylamine groups is 1. The summed E-state index contributed by atoms with van der Waals surface area (Å²) in [5.41, 5.74) is 5.53. The van der Waals surface area contributed by atoms with Crippen molar-refractivity contribution < 1.29 is 19.6 Å². The van der Waals surface area contributed by atoms with Gasteiger partial charge in [0.25, 0.3) is 5.91 Å². The summed E-state index contributed by atoms with van der Waals surface area (Å²) in [4.78, 5) is 39.2. The molecular weight excluding hydrogens is 468 g/mol. The zero-order valence-electron chi connectivity index (χ0n) is 21.2. The zero-order chi connectivity index (χ0) is 25.1. The maximum atomic E-state index is 13.5. The van der Waals surface area contributed by atoms with Gasteiger partial charge in [-0.25, -0.2) is 5.48 Å². The molecule has 0 bridgehead atoms. The van der Waals surface area contributed by atoms with Crippen molar-refractivity contribution in [3.63, 3.8) is 0 Å². The zero-order valence-corrected chi connectivity index (χ0v) is 22.0. The lowest BCUT2D eigenvalue weighted by atomic mass is 9.82. The molecule has 2 rings (SSSR count). The summed E-state index contributed by atoms with van der Waals surface area (Å²) >= 11 is 0. The molecule has 0 radical (unpaired) electrons. The first-order chi connectivity index (χ1) is 16.2. The molecule has 1 saturated heterocycles. The van der Waals surface area contributed by atoms with E-state index in [1.807, 2.05) is 70.2 Å². The van der Waals surface area contributed by atoms with Crippen molar-refractivity contribution in [2.45, 2.75) is 59.4 Å². The molecule has 0 spiro atoms. The highest BCUT2D eigenvalue weighted by atomic mass is 35.5. The number of nitrogens with one attached hydrogen (secondary N) is 3. The summed E-state index contributed by atoms with van der Waals surface area (Å²) in [6.07, 6.45) is 6.10. The molecule has 4 N–H and O–H groups in total. The number of allylic oxidation sites excluding steroid dienone is 1. The second kappa shape index (κ2) is 15.5. The molecule has 1 aromatic rings. The van der Waals surface area contributed by atoms with Crippen LogP contribution < -0.4 is 16.2 Å². The third-order valence-electron chi connectivity index (χ3n) is 5.91. The molecule has 0 unspecified atom stereocenters. The fourth-order valence-corrected chi connectivity index (χ4v) is 4.27. The van der Waals surface area contributed by atoms with Crippen LogP contribution in [-0.2, 0) is 14.4 Å². The van der Waals surface area contributed by atoms with Crippen LogP contribution in [0, 0.1) is 23.7 Å². The highest BCUT2D eigenvalue weighted by molar-refractivity contribution is 5.90. The predicted octanol–water partition coefficient (Wildman–Crippen LogP) is 3.56. The SMILES string of the molecule is CC(C)C[C@@H](C(=O)NN(CC(C)C)C(=O)[C@@H]1CCCN1)[C@H](C/C=C/c1ccccc1)C(=O)NO.Cl. The van der Waals surface area contributed by atoms with Gasteiger partial charge in [-0.2, -0.15) is 0 Å². The van der Waals surface area contributed by atoms with Gasteiger partial charge in [0, 0.05) is 6.54 Å². The standard InChI is InChI=1S/C26H40N4O4.ClH/c1-18(2)16-22(21(25(32)29-34)13-8-12-20-10-6-5-7-11-20)24(31)28-30(17-19(3)4)26(33)23-14-9-15-27-23;/h5-8,10-12,18-19,21-23,27,34H,9,13-17H2,1-4H3,(H,28,31)(H,29,32);1H/b12-8+;/t21-,22+,23-;/m0./s1. The summed E-state index contributed by atoms with van der Waals surface area (Å²) < 4.78 is 0. The smallest absolute Gasteiger partial charge is 0.258 e. The Morgan fingerprint density at radius 1 is 1.09 bits per heavy atom. The number of halogens is 1. The number of hydrazine groups is 1. The van der Waals surface area contributed by atoms with Crippen molar-refractivity contribution in [2.24, 2.45) is 23.7 Å². The van der Waals surface area contributed by atoms with Crippen LogP contribution in [0.15, 0.2) is 36.4 Å². The van der Waals surface area contributed by atoms with Crippen LogP contribution in [-0.4, -0.2) is 47.1 Å². The van der Waals surface area contributed by atoms with Gasteiger partial charge in [0.05, 0.1) is 17.9 Å². The van der Waals surface area contributed by atoms with Crippen LogP contribution >= 0.6 is 12.4 Å². The molecule has 3 amide bonds. The maximum Gasteiger partial charge on any atom is 0.258 e. The van der Waals surface area contributed by atoms with Crippen LogP contribution in [0.5, 0.6) is 0 Å². The number of carbonyl (C=O) groups excluding carboxylic acids is 3. The van der Waals surface area contributed by atoms with Gasteiger partial charge in [-0.05, 0) is 49.6 Å². The highest BCUT2D eigenvalue weighted by Crippen LogP contribution is 2.26. The van der Waals surface area contributed by atoms with Crippen molar-refractivity contribution >= 4 is 36.2 Å². The number of amides is 3. The number of hydrogen-bond donors (Lipinski definition) is 4. The monoisotopic (exact) mass is 508 g/mol. The van der Waals surface area contributed by atoms with Crippen LogP contribution in [0.2, 0.25) is 0 Å². The van der Waals surface area contributed by atoms with Crippen LogP contribution in [0.4, 0.5) is 0 Å². The Labute approximate surface area is 215 Å². The first-order valence-electron chi connectivity index (χ1n) is 12.2. The quantitative estimate of drug-likeness (QED) is 0.270. The van der Waals surface area contributed by atoms with E-state index in [0.717, 1.165) is 24.9 Å². The topological polar surface area (TPSA) is 111 Å².